The van der Waals surface area contributed by atoms with E-state index in [1.807, 2.05) is 0 Å². The summed E-state index contributed by atoms with van der Waals surface area (Å²) in [6.07, 6.45) is 1.17. The lowest BCUT2D eigenvalue weighted by atomic mass is 10.3. The highest BCUT2D eigenvalue weighted by Gasteiger charge is 2.33. The van der Waals surface area contributed by atoms with Crippen LogP contribution in [-0.4, -0.2) is 86.5 Å². The zero-order valence-electron chi connectivity index (χ0n) is 14.5. The summed E-state index contributed by atoms with van der Waals surface area (Å²) in [7, 11) is -3.23. The van der Waals surface area contributed by atoms with E-state index in [1.54, 1.807) is 34.1 Å². The molecule has 0 atom stereocenters. The van der Waals surface area contributed by atoms with Gasteiger partial charge in [-0.25, -0.2) is 13.2 Å². The van der Waals surface area contributed by atoms with Crippen molar-refractivity contribution in [1.29, 1.82) is 0 Å². The molecule has 2 aliphatic rings. The molecule has 3 amide bonds. The molecule has 0 aromatic heterocycles. The predicted octanol–water partition coefficient (Wildman–Crippen LogP) is 0.686. The molecule has 2 aliphatic heterocycles. The largest absolute Gasteiger partial charge is 0.339 e. The van der Waals surface area contributed by atoms with Gasteiger partial charge in [0.15, 0.2) is 0 Å². The van der Waals surface area contributed by atoms with Crippen LogP contribution < -0.4 is 4.90 Å². The number of hydrogen-bond donors (Lipinski definition) is 0. The Hall–Kier alpha value is -1.84. The van der Waals surface area contributed by atoms with E-state index in [-0.39, 0.29) is 31.6 Å². The Balaban J connectivity index is 1.56. The van der Waals surface area contributed by atoms with Gasteiger partial charge in [-0.1, -0.05) is 11.6 Å². The maximum Gasteiger partial charge on any atom is 0.325 e. The molecule has 10 heteroatoms. The molecule has 2 fully saturated rings. The minimum Gasteiger partial charge on any atom is -0.339 e. The van der Waals surface area contributed by atoms with Gasteiger partial charge >= 0.3 is 6.03 Å². The molecule has 1 aromatic rings. The van der Waals surface area contributed by atoms with Crippen molar-refractivity contribution < 1.29 is 18.0 Å². The van der Waals surface area contributed by atoms with Crippen LogP contribution in [0.25, 0.3) is 0 Å². The van der Waals surface area contributed by atoms with Gasteiger partial charge in [0, 0.05) is 50.0 Å². The lowest BCUT2D eigenvalue weighted by Crippen LogP contribution is -2.52. The van der Waals surface area contributed by atoms with Crippen molar-refractivity contribution >= 4 is 39.2 Å². The number of amides is 3. The molecule has 0 unspecified atom stereocenters. The Morgan fingerprint density at radius 2 is 1.65 bits per heavy atom. The van der Waals surface area contributed by atoms with E-state index in [9.17, 15) is 18.0 Å². The third-order valence-electron chi connectivity index (χ3n) is 4.62. The smallest absolute Gasteiger partial charge is 0.325 e. The van der Waals surface area contributed by atoms with Crippen molar-refractivity contribution in [2.24, 2.45) is 0 Å². The Bertz CT molecular complexity index is 791. The van der Waals surface area contributed by atoms with Crippen LogP contribution in [0.2, 0.25) is 5.02 Å². The number of rotatable bonds is 4. The second-order valence-corrected chi connectivity index (χ2v) is 8.79. The van der Waals surface area contributed by atoms with Gasteiger partial charge < -0.3 is 9.80 Å². The Morgan fingerprint density at radius 1 is 1.04 bits per heavy atom. The highest BCUT2D eigenvalue weighted by Crippen LogP contribution is 2.22. The van der Waals surface area contributed by atoms with Gasteiger partial charge in [-0.2, -0.15) is 4.31 Å². The molecule has 1 aromatic carbocycles. The molecule has 2 heterocycles. The molecule has 8 nitrogen and oxygen atoms in total. The number of anilines is 1. The molecule has 0 radical (unpaired) electrons. The normalized spacial score (nSPS) is 19.3. The molecule has 0 N–H and O–H groups in total. The van der Waals surface area contributed by atoms with E-state index >= 15 is 0 Å². The maximum absolute atomic E-state index is 12.6. The minimum absolute atomic E-state index is 0.00178. The Kier molecular flexibility index (Phi) is 5.40. The summed E-state index contributed by atoms with van der Waals surface area (Å²) in [6.45, 7) is 2.24. The van der Waals surface area contributed by atoms with Crippen molar-refractivity contribution in [3.05, 3.63) is 29.3 Å². The molecule has 0 bridgehead atoms. The van der Waals surface area contributed by atoms with Gasteiger partial charge in [0.2, 0.25) is 15.9 Å². The fourth-order valence-corrected chi connectivity index (χ4v) is 4.07. The van der Waals surface area contributed by atoms with Crippen LogP contribution in [0, 0.1) is 0 Å². The standard InChI is InChI=1S/C16H21ClN4O4S/c1-26(24,25)20-9-6-18(7-10-20)15(22)12-19-8-11-21(16(19)23)14-4-2-13(17)3-5-14/h2-5H,6-12H2,1H3. The lowest BCUT2D eigenvalue weighted by Gasteiger charge is -2.34. The molecule has 26 heavy (non-hydrogen) atoms. The molecule has 2 saturated heterocycles. The zero-order valence-corrected chi connectivity index (χ0v) is 16.0. The fraction of sp³-hybridized carbons (Fsp3) is 0.500. The van der Waals surface area contributed by atoms with Gasteiger partial charge in [0.1, 0.15) is 6.54 Å². The fourth-order valence-electron chi connectivity index (χ4n) is 3.12. The summed E-state index contributed by atoms with van der Waals surface area (Å²) in [4.78, 5) is 29.8. The maximum atomic E-state index is 12.6. The van der Waals surface area contributed by atoms with Crippen LogP contribution in [0.5, 0.6) is 0 Å². The molecule has 3 rings (SSSR count). The molecule has 142 valence electrons. The second kappa shape index (κ2) is 7.42. The van der Waals surface area contributed by atoms with Gasteiger partial charge in [-0.15, -0.1) is 0 Å². The first-order valence-electron chi connectivity index (χ1n) is 8.30. The van der Waals surface area contributed by atoms with Gasteiger partial charge in [-0.3, -0.25) is 9.69 Å². The second-order valence-electron chi connectivity index (χ2n) is 6.38. The van der Waals surface area contributed by atoms with E-state index in [0.29, 0.717) is 31.2 Å². The van der Waals surface area contributed by atoms with Crippen molar-refractivity contribution in [2.45, 2.75) is 0 Å². The minimum atomic E-state index is -3.23. The van der Waals surface area contributed by atoms with E-state index < -0.39 is 10.0 Å². The van der Waals surface area contributed by atoms with E-state index in [1.165, 1.54) is 15.5 Å². The monoisotopic (exact) mass is 400 g/mol. The Morgan fingerprint density at radius 3 is 2.23 bits per heavy atom. The van der Waals surface area contributed by atoms with Gasteiger partial charge in [0.05, 0.1) is 6.26 Å². The van der Waals surface area contributed by atoms with Crippen LogP contribution in [-0.2, 0) is 14.8 Å². The van der Waals surface area contributed by atoms with Crippen molar-refractivity contribution in [2.75, 3.05) is 57.0 Å². The topological polar surface area (TPSA) is 81.2 Å². The number of urea groups is 1. The molecule has 0 aliphatic carbocycles. The lowest BCUT2D eigenvalue weighted by molar-refractivity contribution is -0.132. The van der Waals surface area contributed by atoms with Crippen LogP contribution in [0.4, 0.5) is 10.5 Å². The number of piperazine rings is 1. The Labute approximate surface area is 157 Å². The molecular formula is C16H21ClN4O4S. The number of halogens is 1. The van der Waals surface area contributed by atoms with Crippen LogP contribution >= 0.6 is 11.6 Å². The summed E-state index contributed by atoms with van der Waals surface area (Å²) in [5, 5.41) is 0.598. The third-order valence-corrected chi connectivity index (χ3v) is 6.17. The number of hydrogen-bond acceptors (Lipinski definition) is 4. The first-order chi connectivity index (χ1) is 12.3. The number of benzene rings is 1. The summed E-state index contributed by atoms with van der Waals surface area (Å²) < 4.78 is 24.4. The third kappa shape index (κ3) is 4.11. The molecule has 0 spiro atoms. The van der Waals surface area contributed by atoms with Crippen molar-refractivity contribution in [3.63, 3.8) is 0 Å². The number of nitrogens with zero attached hydrogens (tertiary/aromatic N) is 4. The van der Waals surface area contributed by atoms with Crippen LogP contribution in [0.3, 0.4) is 0 Å². The summed E-state index contributed by atoms with van der Waals surface area (Å²) in [6, 6.07) is 6.78. The SMILES string of the molecule is CS(=O)(=O)N1CCN(C(=O)CN2CCN(c3ccc(Cl)cc3)C2=O)CC1. The highest BCUT2D eigenvalue weighted by atomic mass is 35.5. The van der Waals surface area contributed by atoms with Crippen LogP contribution in [0.1, 0.15) is 0 Å². The molecule has 0 saturated carbocycles. The number of carbonyl (C=O) groups is 2. The number of sulfonamides is 1. The van der Waals surface area contributed by atoms with E-state index in [4.69, 9.17) is 11.6 Å². The molecular weight excluding hydrogens is 380 g/mol. The quantitative estimate of drug-likeness (QED) is 0.744. The van der Waals surface area contributed by atoms with Crippen molar-refractivity contribution in [1.82, 2.24) is 14.1 Å². The van der Waals surface area contributed by atoms with Gasteiger partial charge in [0.25, 0.3) is 0 Å². The summed E-state index contributed by atoms with van der Waals surface area (Å²) in [5.74, 6) is -0.163. The summed E-state index contributed by atoms with van der Waals surface area (Å²) >= 11 is 5.87. The first-order valence-corrected chi connectivity index (χ1v) is 10.5. The van der Waals surface area contributed by atoms with E-state index in [0.717, 1.165) is 5.69 Å². The van der Waals surface area contributed by atoms with Crippen LogP contribution in [0.15, 0.2) is 24.3 Å². The van der Waals surface area contributed by atoms with E-state index in [2.05, 4.69) is 0 Å². The summed E-state index contributed by atoms with van der Waals surface area (Å²) in [5.41, 5.74) is 0.746. The predicted molar refractivity (Wildman–Crippen MR) is 98.8 cm³/mol. The number of carbonyl (C=O) groups excluding carboxylic acids is 2. The van der Waals surface area contributed by atoms with Crippen molar-refractivity contribution in [3.8, 4) is 0 Å². The van der Waals surface area contributed by atoms with Gasteiger partial charge in [-0.05, 0) is 24.3 Å². The first kappa shape index (κ1) is 18.9. The average Bonchev–Trinajstić information content (AvgIpc) is 2.96. The highest BCUT2D eigenvalue weighted by molar-refractivity contribution is 7.88. The zero-order chi connectivity index (χ0) is 18.9. The average molecular weight is 401 g/mol.